The Hall–Kier alpha value is -1.79. The lowest BCUT2D eigenvalue weighted by atomic mass is 9.98. The van der Waals surface area contributed by atoms with Crippen LogP contribution in [-0.4, -0.2) is 50.0 Å². The van der Waals surface area contributed by atoms with Crippen molar-refractivity contribution >= 4 is 17.7 Å². The number of aliphatic hydroxyl groups excluding tert-OH is 1. The molecule has 2 heterocycles. The number of carbonyl (C=O) groups excluding carboxylic acids is 1. The summed E-state index contributed by atoms with van der Waals surface area (Å²) >= 11 is 1.54. The molecule has 0 spiro atoms. The fourth-order valence-corrected chi connectivity index (χ4v) is 3.53. The predicted molar refractivity (Wildman–Crippen MR) is 101 cm³/mol. The van der Waals surface area contributed by atoms with Gasteiger partial charge in [0.25, 0.3) is 0 Å². The molecule has 1 aromatic carbocycles. The number of amides is 1. The Bertz CT molecular complexity index is 729. The monoisotopic (exact) mass is 359 g/mol. The van der Waals surface area contributed by atoms with Gasteiger partial charge in [-0.15, -0.1) is 0 Å². The van der Waals surface area contributed by atoms with Gasteiger partial charge in [0.05, 0.1) is 29.3 Å². The summed E-state index contributed by atoms with van der Waals surface area (Å²) in [7, 11) is 0. The molecule has 0 aliphatic carbocycles. The second-order valence-corrected chi connectivity index (χ2v) is 7.83. The molecule has 2 aromatic rings. The standard InChI is InChI=1S/C19H25N3O2S/c1-12-4-6-14(7-5-12)16-11-20-18(21-16)17-10-15(23)8-9-22(17)19(24)13(2)25-3/h4-7,11,13,15,17,23H,8-10H2,1-3H3,(H,20,21). The molecule has 134 valence electrons. The maximum Gasteiger partial charge on any atom is 0.236 e. The van der Waals surface area contributed by atoms with Gasteiger partial charge in [0, 0.05) is 13.0 Å². The summed E-state index contributed by atoms with van der Waals surface area (Å²) in [4.78, 5) is 22.5. The Morgan fingerprint density at radius 1 is 1.40 bits per heavy atom. The number of thioether (sulfide) groups is 1. The summed E-state index contributed by atoms with van der Waals surface area (Å²) in [6.45, 7) is 4.55. The highest BCUT2D eigenvalue weighted by atomic mass is 32.2. The largest absolute Gasteiger partial charge is 0.393 e. The summed E-state index contributed by atoms with van der Waals surface area (Å²) < 4.78 is 0. The van der Waals surface area contributed by atoms with Crippen LogP contribution in [0, 0.1) is 6.92 Å². The fourth-order valence-electron chi connectivity index (χ4n) is 3.19. The first-order valence-corrected chi connectivity index (χ1v) is 9.91. The zero-order valence-electron chi connectivity index (χ0n) is 14.9. The number of aromatic nitrogens is 2. The number of carbonyl (C=O) groups is 1. The number of hydrogen-bond acceptors (Lipinski definition) is 4. The molecule has 1 saturated heterocycles. The number of H-pyrrole nitrogens is 1. The van der Waals surface area contributed by atoms with E-state index in [1.54, 1.807) is 11.8 Å². The molecule has 3 rings (SSSR count). The Kier molecular flexibility index (Phi) is 5.49. The molecule has 3 atom stereocenters. The van der Waals surface area contributed by atoms with Crippen LogP contribution < -0.4 is 0 Å². The molecule has 2 N–H and O–H groups in total. The number of aliphatic hydroxyl groups is 1. The molecule has 0 bridgehead atoms. The third-order valence-corrected chi connectivity index (χ3v) is 5.74. The predicted octanol–water partition coefficient (Wildman–Crippen LogP) is 3.16. The Labute approximate surface area is 152 Å². The summed E-state index contributed by atoms with van der Waals surface area (Å²) in [5.41, 5.74) is 3.21. The maximum absolute atomic E-state index is 12.7. The van der Waals surface area contributed by atoms with Crippen molar-refractivity contribution in [1.29, 1.82) is 0 Å². The van der Waals surface area contributed by atoms with E-state index < -0.39 is 6.10 Å². The van der Waals surface area contributed by atoms with Crippen molar-refractivity contribution in [2.24, 2.45) is 0 Å². The van der Waals surface area contributed by atoms with Crippen LogP contribution >= 0.6 is 11.8 Å². The van der Waals surface area contributed by atoms with Crippen molar-refractivity contribution in [3.63, 3.8) is 0 Å². The number of aryl methyl sites for hydroxylation is 1. The van der Waals surface area contributed by atoms with Crippen molar-refractivity contribution in [2.45, 2.75) is 44.1 Å². The van der Waals surface area contributed by atoms with E-state index in [9.17, 15) is 9.90 Å². The first kappa shape index (κ1) is 18.0. The van der Waals surface area contributed by atoms with Crippen molar-refractivity contribution in [3.05, 3.63) is 41.9 Å². The summed E-state index contributed by atoms with van der Waals surface area (Å²) in [5.74, 6) is 0.855. The number of piperidine rings is 1. The van der Waals surface area contributed by atoms with Crippen LogP contribution in [0.2, 0.25) is 0 Å². The molecule has 5 nitrogen and oxygen atoms in total. The normalized spacial score (nSPS) is 22.0. The second-order valence-electron chi connectivity index (χ2n) is 6.65. The number of nitrogens with zero attached hydrogens (tertiary/aromatic N) is 2. The minimum atomic E-state index is -0.397. The average molecular weight is 359 g/mol. The second kappa shape index (κ2) is 7.62. The molecule has 1 aliphatic heterocycles. The van der Waals surface area contributed by atoms with Crippen molar-refractivity contribution < 1.29 is 9.90 Å². The summed E-state index contributed by atoms with van der Waals surface area (Å²) in [6.07, 6.45) is 4.50. The van der Waals surface area contributed by atoms with E-state index in [1.807, 2.05) is 24.3 Å². The van der Waals surface area contributed by atoms with Gasteiger partial charge in [-0.25, -0.2) is 4.98 Å². The van der Waals surface area contributed by atoms with Gasteiger partial charge in [-0.3, -0.25) is 4.79 Å². The number of nitrogens with one attached hydrogen (secondary N) is 1. The molecule has 0 saturated carbocycles. The smallest absolute Gasteiger partial charge is 0.236 e. The van der Waals surface area contributed by atoms with Gasteiger partial charge < -0.3 is 15.0 Å². The van der Waals surface area contributed by atoms with Gasteiger partial charge in [0.2, 0.25) is 5.91 Å². The van der Waals surface area contributed by atoms with Gasteiger partial charge in [-0.2, -0.15) is 11.8 Å². The Morgan fingerprint density at radius 2 is 2.12 bits per heavy atom. The highest BCUT2D eigenvalue weighted by Crippen LogP contribution is 2.32. The SMILES string of the molecule is CSC(C)C(=O)N1CCC(O)CC1c1ncc(-c2ccc(C)cc2)[nH]1. The van der Waals surface area contributed by atoms with E-state index in [2.05, 4.69) is 41.2 Å². The van der Waals surface area contributed by atoms with E-state index >= 15 is 0 Å². The molecule has 25 heavy (non-hydrogen) atoms. The maximum atomic E-state index is 12.7. The molecular formula is C19H25N3O2S. The van der Waals surface area contributed by atoms with E-state index in [4.69, 9.17) is 0 Å². The lowest BCUT2D eigenvalue weighted by molar-refractivity contribution is -0.136. The van der Waals surface area contributed by atoms with Gasteiger partial charge in [0.15, 0.2) is 0 Å². The number of likely N-dealkylation sites (tertiary alicyclic amines) is 1. The number of aromatic amines is 1. The fraction of sp³-hybridized carbons (Fsp3) is 0.474. The van der Waals surface area contributed by atoms with Crippen LogP contribution in [0.4, 0.5) is 0 Å². The zero-order chi connectivity index (χ0) is 18.0. The molecular weight excluding hydrogens is 334 g/mol. The lowest BCUT2D eigenvalue weighted by Crippen LogP contribution is -2.45. The summed E-state index contributed by atoms with van der Waals surface area (Å²) in [5, 5.41) is 10.0. The topological polar surface area (TPSA) is 69.2 Å². The quantitative estimate of drug-likeness (QED) is 0.880. The van der Waals surface area contributed by atoms with Crippen LogP contribution in [0.3, 0.4) is 0 Å². The van der Waals surface area contributed by atoms with E-state index in [-0.39, 0.29) is 17.2 Å². The van der Waals surface area contributed by atoms with Crippen LogP contribution in [0.5, 0.6) is 0 Å². The zero-order valence-corrected chi connectivity index (χ0v) is 15.7. The lowest BCUT2D eigenvalue weighted by Gasteiger charge is -2.38. The third-order valence-electron chi connectivity index (χ3n) is 4.83. The molecule has 0 radical (unpaired) electrons. The number of imidazole rings is 1. The third kappa shape index (κ3) is 3.90. The first-order valence-electron chi connectivity index (χ1n) is 8.63. The van der Waals surface area contributed by atoms with E-state index in [1.165, 1.54) is 5.56 Å². The molecule has 1 fully saturated rings. The Balaban J connectivity index is 1.86. The van der Waals surface area contributed by atoms with Crippen LogP contribution in [-0.2, 0) is 4.79 Å². The van der Waals surface area contributed by atoms with E-state index in [0.717, 1.165) is 17.1 Å². The van der Waals surface area contributed by atoms with Crippen molar-refractivity contribution in [1.82, 2.24) is 14.9 Å². The number of benzene rings is 1. The highest BCUT2D eigenvalue weighted by Gasteiger charge is 2.35. The average Bonchev–Trinajstić information content (AvgIpc) is 3.11. The number of rotatable bonds is 4. The van der Waals surface area contributed by atoms with Gasteiger partial charge in [0.1, 0.15) is 5.82 Å². The number of hydrogen-bond donors (Lipinski definition) is 2. The molecule has 1 aliphatic rings. The van der Waals surface area contributed by atoms with Gasteiger partial charge in [-0.1, -0.05) is 29.8 Å². The highest BCUT2D eigenvalue weighted by molar-refractivity contribution is 7.99. The summed E-state index contributed by atoms with van der Waals surface area (Å²) in [6, 6.07) is 8.04. The van der Waals surface area contributed by atoms with Crippen molar-refractivity contribution in [3.8, 4) is 11.3 Å². The van der Waals surface area contributed by atoms with E-state index in [0.29, 0.717) is 19.4 Å². The van der Waals surface area contributed by atoms with Crippen molar-refractivity contribution in [2.75, 3.05) is 12.8 Å². The van der Waals surface area contributed by atoms with Crippen LogP contribution in [0.25, 0.3) is 11.3 Å². The molecule has 1 amide bonds. The van der Waals surface area contributed by atoms with Gasteiger partial charge in [-0.05, 0) is 32.1 Å². The molecule has 3 unspecified atom stereocenters. The minimum Gasteiger partial charge on any atom is -0.393 e. The molecule has 1 aromatic heterocycles. The van der Waals surface area contributed by atoms with Gasteiger partial charge >= 0.3 is 0 Å². The molecule has 6 heteroatoms. The first-order chi connectivity index (χ1) is 12.0. The van der Waals surface area contributed by atoms with Crippen LogP contribution in [0.15, 0.2) is 30.5 Å². The minimum absolute atomic E-state index is 0.0933. The van der Waals surface area contributed by atoms with Crippen LogP contribution in [0.1, 0.15) is 37.2 Å². The Morgan fingerprint density at radius 3 is 2.80 bits per heavy atom.